The molecule has 5 unspecified atom stereocenters. The molecule has 1 saturated heterocycles. The Bertz CT molecular complexity index is 996. The van der Waals surface area contributed by atoms with Crippen molar-refractivity contribution >= 4 is 35.1 Å². The van der Waals surface area contributed by atoms with Gasteiger partial charge in [0.2, 0.25) is 0 Å². The van der Waals surface area contributed by atoms with Crippen molar-refractivity contribution in [3.8, 4) is 0 Å². The number of nitrogens with one attached hydrogen (secondary N) is 1. The predicted molar refractivity (Wildman–Crippen MR) is 86.3 cm³/mol. The first-order chi connectivity index (χ1) is 12.5. The first-order valence-corrected chi connectivity index (χ1v) is 10.1. The monoisotopic (exact) mass is 426 g/mol. The molecule has 16 heteroatoms. The molecule has 150 valence electrons. The summed E-state index contributed by atoms with van der Waals surface area (Å²) in [6.45, 7) is -0.822. The molecule has 0 aliphatic carbocycles. The topological polar surface area (TPSA) is 227 Å². The highest BCUT2D eigenvalue weighted by atomic mass is 32.3. The Labute approximate surface area is 151 Å². The molecule has 27 heavy (non-hydrogen) atoms. The van der Waals surface area contributed by atoms with Crippen LogP contribution in [0.25, 0.3) is 11.0 Å². The van der Waals surface area contributed by atoms with Crippen molar-refractivity contribution in [3.05, 3.63) is 18.1 Å². The number of nitrogen functional groups attached to an aromatic ring is 1. The van der Waals surface area contributed by atoms with E-state index in [2.05, 4.69) is 23.4 Å². The van der Waals surface area contributed by atoms with Crippen molar-refractivity contribution in [3.63, 3.8) is 0 Å². The number of aromatic nitrogens is 3. The summed E-state index contributed by atoms with van der Waals surface area (Å²) in [6.07, 6.45) is -2.80. The molecule has 0 saturated carbocycles. The van der Waals surface area contributed by atoms with E-state index < -0.39 is 49.2 Å². The number of hydrogen-bond donors (Lipinski definition) is 6. The van der Waals surface area contributed by atoms with E-state index >= 15 is 0 Å². The quantitative estimate of drug-likeness (QED) is 0.232. The SMILES string of the molecule is Nc1ncnc2c(C3OC(COP(=O)(O)OS(=O)(=O)O)C(O)C3O)c[nH]c12. The number of nitrogens with two attached hydrogens (primary N) is 1. The van der Waals surface area contributed by atoms with Gasteiger partial charge >= 0.3 is 18.2 Å². The zero-order valence-electron chi connectivity index (χ0n) is 13.2. The van der Waals surface area contributed by atoms with E-state index in [0.717, 1.165) is 0 Å². The van der Waals surface area contributed by atoms with Crippen molar-refractivity contribution in [2.75, 3.05) is 12.3 Å². The molecule has 14 nitrogen and oxygen atoms in total. The van der Waals surface area contributed by atoms with Crippen molar-refractivity contribution in [1.29, 1.82) is 0 Å². The summed E-state index contributed by atoms with van der Waals surface area (Å²) in [5.74, 6) is 0.155. The van der Waals surface area contributed by atoms with Crippen molar-refractivity contribution < 1.29 is 45.9 Å². The van der Waals surface area contributed by atoms with Gasteiger partial charge in [-0.2, -0.15) is 8.42 Å². The van der Waals surface area contributed by atoms with Gasteiger partial charge in [0.15, 0.2) is 5.82 Å². The second-order valence-electron chi connectivity index (χ2n) is 5.57. The van der Waals surface area contributed by atoms with Crippen LogP contribution in [0.5, 0.6) is 0 Å². The van der Waals surface area contributed by atoms with Crippen LogP contribution in [0.4, 0.5) is 5.82 Å². The lowest BCUT2D eigenvalue weighted by Crippen LogP contribution is -2.33. The van der Waals surface area contributed by atoms with Crippen molar-refractivity contribution in [2.24, 2.45) is 0 Å². The van der Waals surface area contributed by atoms with Crippen LogP contribution in [0, 0.1) is 0 Å². The lowest BCUT2D eigenvalue weighted by molar-refractivity contribution is -0.0215. The molecule has 3 rings (SSSR count). The lowest BCUT2D eigenvalue weighted by Gasteiger charge is -2.16. The van der Waals surface area contributed by atoms with Crippen molar-refractivity contribution in [1.82, 2.24) is 15.0 Å². The van der Waals surface area contributed by atoms with E-state index in [1.54, 1.807) is 0 Å². The minimum atomic E-state index is -5.25. The Hall–Kier alpha value is -1.68. The Morgan fingerprint density at radius 2 is 2.04 bits per heavy atom. The van der Waals surface area contributed by atoms with Gasteiger partial charge in [-0.1, -0.05) is 0 Å². The van der Waals surface area contributed by atoms with E-state index in [1.165, 1.54) is 12.5 Å². The third-order valence-corrected chi connectivity index (χ3v) is 5.76. The number of aliphatic hydroxyl groups excluding tert-OH is 2. The number of fused-ring (bicyclic) bond motifs is 1. The summed E-state index contributed by atoms with van der Waals surface area (Å²) in [4.78, 5) is 19.9. The highest BCUT2D eigenvalue weighted by molar-refractivity contribution is 7.85. The minimum Gasteiger partial charge on any atom is -0.387 e. The van der Waals surface area contributed by atoms with E-state index in [1.807, 2.05) is 0 Å². The highest BCUT2D eigenvalue weighted by Gasteiger charge is 2.45. The van der Waals surface area contributed by atoms with Crippen LogP contribution >= 0.6 is 7.82 Å². The Balaban J connectivity index is 1.76. The average Bonchev–Trinajstić information content (AvgIpc) is 3.07. The van der Waals surface area contributed by atoms with E-state index in [0.29, 0.717) is 16.6 Å². The number of hydrogen-bond acceptors (Lipinski definition) is 11. The largest absolute Gasteiger partial charge is 0.488 e. The standard InChI is InChI=1S/C11H15N4O10PS/c12-11-7-6(14-3-15-11)4(1-13-7)10-9(17)8(16)5(24-10)2-23-26(18,19)25-27(20,21)22/h1,3,5,8-10,13,16-17H,2H2,(H,18,19)(H2,12,14,15)(H,20,21,22). The fourth-order valence-electron chi connectivity index (χ4n) is 2.65. The zero-order valence-corrected chi connectivity index (χ0v) is 14.9. The average molecular weight is 426 g/mol. The van der Waals surface area contributed by atoms with Gasteiger partial charge in [-0.15, -0.1) is 3.97 Å². The second kappa shape index (κ2) is 7.05. The van der Waals surface area contributed by atoms with Gasteiger partial charge in [0.1, 0.15) is 36.3 Å². The zero-order chi connectivity index (χ0) is 20.0. The molecule has 0 aromatic carbocycles. The lowest BCUT2D eigenvalue weighted by atomic mass is 10.0. The van der Waals surface area contributed by atoms with Crippen LogP contribution < -0.4 is 5.73 Å². The van der Waals surface area contributed by atoms with Crippen molar-refractivity contribution in [2.45, 2.75) is 24.4 Å². The Kier molecular flexibility index (Phi) is 5.24. The molecule has 5 atom stereocenters. The van der Waals surface area contributed by atoms with Gasteiger partial charge < -0.3 is 30.6 Å². The number of aliphatic hydroxyl groups is 2. The van der Waals surface area contributed by atoms with Crippen LogP contribution in [0.1, 0.15) is 11.7 Å². The smallest absolute Gasteiger partial charge is 0.387 e. The molecule has 0 spiro atoms. The fraction of sp³-hybridized carbons (Fsp3) is 0.455. The molecule has 7 N–H and O–H groups in total. The first kappa shape index (κ1) is 20.1. The number of ether oxygens (including phenoxy) is 1. The summed E-state index contributed by atoms with van der Waals surface area (Å²) in [7, 11) is -10.4. The van der Waals surface area contributed by atoms with Crippen LogP contribution in [-0.4, -0.2) is 67.9 Å². The third kappa shape index (κ3) is 4.26. The minimum absolute atomic E-state index is 0.155. The third-order valence-electron chi connectivity index (χ3n) is 3.78. The number of rotatable bonds is 6. The summed E-state index contributed by atoms with van der Waals surface area (Å²) in [5.41, 5.74) is 6.77. The van der Waals surface area contributed by atoms with Crippen LogP contribution in [-0.2, 0) is 28.2 Å². The molecule has 0 bridgehead atoms. The first-order valence-electron chi connectivity index (χ1n) is 7.23. The fourth-order valence-corrected chi connectivity index (χ4v) is 4.11. The van der Waals surface area contributed by atoms with E-state index in [4.69, 9.17) is 15.0 Å². The number of anilines is 1. The molecule has 0 amide bonds. The molecule has 2 aromatic rings. The number of aromatic amines is 1. The van der Waals surface area contributed by atoms with Crippen LogP contribution in [0.15, 0.2) is 12.5 Å². The van der Waals surface area contributed by atoms with Gasteiger partial charge in [0.25, 0.3) is 0 Å². The maximum absolute atomic E-state index is 11.4. The van der Waals surface area contributed by atoms with Gasteiger partial charge in [-0.25, -0.2) is 14.5 Å². The summed E-state index contributed by atoms with van der Waals surface area (Å²) in [6, 6.07) is 0. The second-order valence-corrected chi connectivity index (χ2v) is 8.22. The predicted octanol–water partition coefficient (Wildman–Crippen LogP) is -1.36. The summed E-state index contributed by atoms with van der Waals surface area (Å²) >= 11 is 0. The van der Waals surface area contributed by atoms with E-state index in [9.17, 15) is 28.1 Å². The number of phosphoric ester groups is 1. The van der Waals surface area contributed by atoms with Crippen LogP contribution in [0.2, 0.25) is 0 Å². The summed E-state index contributed by atoms with van der Waals surface area (Å²) < 4.78 is 54.2. The Morgan fingerprint density at radius 3 is 2.70 bits per heavy atom. The molecule has 1 aliphatic rings. The van der Waals surface area contributed by atoms with Gasteiger partial charge in [-0.3, -0.25) is 9.08 Å². The van der Waals surface area contributed by atoms with Gasteiger partial charge in [-0.05, 0) is 0 Å². The normalized spacial score (nSPS) is 28.4. The number of nitrogens with zero attached hydrogens (tertiary/aromatic N) is 2. The molecule has 2 aromatic heterocycles. The maximum Gasteiger partial charge on any atom is 0.488 e. The number of phosphoric acid groups is 1. The van der Waals surface area contributed by atoms with Gasteiger partial charge in [0, 0.05) is 11.8 Å². The number of H-pyrrole nitrogens is 1. The maximum atomic E-state index is 11.4. The molecule has 1 fully saturated rings. The summed E-state index contributed by atoms with van der Waals surface area (Å²) in [5, 5.41) is 20.3. The van der Waals surface area contributed by atoms with Crippen LogP contribution in [0.3, 0.4) is 0 Å². The molecular formula is C11H15N4O10PS. The highest BCUT2D eigenvalue weighted by Crippen LogP contribution is 2.46. The molecular weight excluding hydrogens is 411 g/mol. The Morgan fingerprint density at radius 1 is 1.33 bits per heavy atom. The van der Waals surface area contributed by atoms with E-state index in [-0.39, 0.29) is 5.82 Å². The molecule has 0 radical (unpaired) electrons. The molecule has 1 aliphatic heterocycles. The van der Waals surface area contributed by atoms with Gasteiger partial charge in [0.05, 0.1) is 12.1 Å². The molecule has 3 heterocycles.